The van der Waals surface area contributed by atoms with Gasteiger partial charge in [-0.05, 0) is 58.8 Å². The number of nitrogens with one attached hydrogen (secondary N) is 1. The van der Waals surface area contributed by atoms with Crippen LogP contribution in [0.1, 0.15) is 21.5 Å². The lowest BCUT2D eigenvalue weighted by atomic mass is 10.0. The molecule has 6 nitrogen and oxygen atoms in total. The van der Waals surface area contributed by atoms with Crippen LogP contribution in [-0.4, -0.2) is 24.7 Å². The number of rotatable bonds is 7. The molecule has 0 aliphatic carbocycles. The molecule has 5 aromatic rings. The van der Waals surface area contributed by atoms with Crippen molar-refractivity contribution in [2.24, 2.45) is 5.10 Å². The zero-order valence-electron chi connectivity index (χ0n) is 20.2. The van der Waals surface area contributed by atoms with E-state index in [1.54, 1.807) is 18.2 Å². The van der Waals surface area contributed by atoms with Crippen molar-refractivity contribution < 1.29 is 19.1 Å². The van der Waals surface area contributed by atoms with Crippen molar-refractivity contribution in [2.45, 2.75) is 6.92 Å². The van der Waals surface area contributed by atoms with E-state index < -0.39 is 11.9 Å². The molecule has 0 saturated heterocycles. The fourth-order valence-corrected chi connectivity index (χ4v) is 3.95. The van der Waals surface area contributed by atoms with Crippen molar-refractivity contribution in [2.75, 3.05) is 6.61 Å². The number of hydrogen-bond acceptors (Lipinski definition) is 5. The summed E-state index contributed by atoms with van der Waals surface area (Å²) in [7, 11) is 0. The number of ether oxygens (including phenoxy) is 2. The molecule has 182 valence electrons. The predicted octanol–water partition coefficient (Wildman–Crippen LogP) is 6.05. The predicted molar refractivity (Wildman–Crippen MR) is 145 cm³/mol. The number of nitrogens with zero attached hydrogens (tertiary/aromatic N) is 1. The van der Waals surface area contributed by atoms with Crippen molar-refractivity contribution in [1.29, 1.82) is 0 Å². The van der Waals surface area contributed by atoms with E-state index in [0.717, 1.165) is 27.1 Å². The average Bonchev–Trinajstić information content (AvgIpc) is 2.93. The molecule has 1 N–H and O–H groups in total. The summed E-state index contributed by atoms with van der Waals surface area (Å²) in [4.78, 5) is 25.1. The minimum atomic E-state index is -0.474. The van der Waals surface area contributed by atoms with Crippen LogP contribution in [0.2, 0.25) is 0 Å². The fourth-order valence-electron chi connectivity index (χ4n) is 3.95. The van der Waals surface area contributed by atoms with Gasteiger partial charge in [-0.3, -0.25) is 4.79 Å². The van der Waals surface area contributed by atoms with Gasteiger partial charge < -0.3 is 9.47 Å². The summed E-state index contributed by atoms with van der Waals surface area (Å²) in [5, 5.41) is 8.02. The summed E-state index contributed by atoms with van der Waals surface area (Å²) in [6, 6.07) is 32.0. The second-order valence-corrected chi connectivity index (χ2v) is 8.54. The third kappa shape index (κ3) is 5.65. The SMILES string of the molecule is Cc1ccc(C(=O)Oc2ccc3ccccc3c2/C=N/NC(=O)COc2ccc3ccccc3c2)cc1. The normalized spacial score (nSPS) is 11.1. The quantitative estimate of drug-likeness (QED) is 0.131. The largest absolute Gasteiger partial charge is 0.484 e. The van der Waals surface area contributed by atoms with Crippen LogP contribution >= 0.6 is 0 Å². The number of carbonyl (C=O) groups excluding carboxylic acids is 2. The van der Waals surface area contributed by atoms with Crippen LogP contribution in [-0.2, 0) is 4.79 Å². The second kappa shape index (κ2) is 10.7. The maximum Gasteiger partial charge on any atom is 0.343 e. The molecule has 0 radical (unpaired) electrons. The molecule has 0 spiro atoms. The molecular formula is C31H24N2O4. The number of hydrogen-bond donors (Lipinski definition) is 1. The molecule has 0 aromatic heterocycles. The van der Waals surface area contributed by atoms with Crippen LogP contribution in [0.25, 0.3) is 21.5 Å². The first-order valence-electron chi connectivity index (χ1n) is 11.8. The fraction of sp³-hybridized carbons (Fsp3) is 0.0645. The first kappa shape index (κ1) is 23.8. The van der Waals surface area contributed by atoms with Gasteiger partial charge in [0.05, 0.1) is 11.8 Å². The van der Waals surface area contributed by atoms with Gasteiger partial charge in [-0.1, -0.05) is 78.4 Å². The summed E-state index contributed by atoms with van der Waals surface area (Å²) in [6.45, 7) is 1.76. The zero-order valence-corrected chi connectivity index (χ0v) is 20.2. The van der Waals surface area contributed by atoms with Gasteiger partial charge in [0.1, 0.15) is 11.5 Å². The molecule has 5 rings (SSSR count). The topological polar surface area (TPSA) is 77.0 Å². The highest BCUT2D eigenvalue weighted by Gasteiger charge is 2.13. The Kier molecular flexibility index (Phi) is 6.90. The molecular weight excluding hydrogens is 464 g/mol. The van der Waals surface area contributed by atoms with Gasteiger partial charge in [0, 0.05) is 5.56 Å². The van der Waals surface area contributed by atoms with Crippen LogP contribution < -0.4 is 14.9 Å². The van der Waals surface area contributed by atoms with E-state index in [1.807, 2.05) is 91.9 Å². The van der Waals surface area contributed by atoms with Gasteiger partial charge in [-0.25, -0.2) is 10.2 Å². The average molecular weight is 489 g/mol. The number of carbonyl (C=O) groups is 2. The first-order valence-corrected chi connectivity index (χ1v) is 11.8. The van der Waals surface area contributed by atoms with Crippen LogP contribution in [0.3, 0.4) is 0 Å². The molecule has 0 aliphatic rings. The van der Waals surface area contributed by atoms with Gasteiger partial charge in [0.15, 0.2) is 6.61 Å². The first-order chi connectivity index (χ1) is 18.1. The Hall–Kier alpha value is -4.97. The maximum atomic E-state index is 12.7. The third-order valence-electron chi connectivity index (χ3n) is 5.89. The van der Waals surface area contributed by atoms with Gasteiger partial charge in [-0.15, -0.1) is 0 Å². The highest BCUT2D eigenvalue weighted by atomic mass is 16.5. The lowest BCUT2D eigenvalue weighted by Crippen LogP contribution is -2.24. The number of fused-ring (bicyclic) bond motifs is 2. The smallest absolute Gasteiger partial charge is 0.343 e. The van der Waals surface area contributed by atoms with E-state index in [0.29, 0.717) is 22.6 Å². The van der Waals surface area contributed by atoms with Crippen LogP contribution in [0.15, 0.2) is 108 Å². The summed E-state index contributed by atoms with van der Waals surface area (Å²) >= 11 is 0. The summed E-state index contributed by atoms with van der Waals surface area (Å²) < 4.78 is 11.3. The van der Waals surface area contributed by atoms with E-state index in [4.69, 9.17) is 9.47 Å². The number of esters is 1. The van der Waals surface area contributed by atoms with Crippen molar-refractivity contribution in [3.05, 3.63) is 120 Å². The summed E-state index contributed by atoms with van der Waals surface area (Å²) in [5.41, 5.74) is 4.56. The molecule has 0 saturated carbocycles. The van der Waals surface area contributed by atoms with Crippen molar-refractivity contribution in [3.63, 3.8) is 0 Å². The Bertz CT molecular complexity index is 1620. The van der Waals surface area contributed by atoms with Gasteiger partial charge in [-0.2, -0.15) is 5.10 Å². The van der Waals surface area contributed by atoms with Crippen LogP contribution in [0.4, 0.5) is 0 Å². The van der Waals surface area contributed by atoms with E-state index in [2.05, 4.69) is 10.5 Å². The minimum Gasteiger partial charge on any atom is -0.484 e. The van der Waals surface area contributed by atoms with E-state index >= 15 is 0 Å². The monoisotopic (exact) mass is 488 g/mol. The zero-order chi connectivity index (χ0) is 25.6. The minimum absolute atomic E-state index is 0.194. The molecule has 0 fully saturated rings. The Balaban J connectivity index is 1.30. The standard InChI is InChI=1S/C31H24N2O4/c1-21-10-12-24(13-11-21)31(35)37-29-17-15-23-7-4-5-9-27(23)28(29)19-32-33-30(34)20-36-26-16-14-22-6-2-3-8-25(22)18-26/h2-19H,20H2,1H3,(H,33,34)/b32-19+. The lowest BCUT2D eigenvalue weighted by Gasteiger charge is -2.11. The van der Waals surface area contributed by atoms with Gasteiger partial charge in [0.2, 0.25) is 0 Å². The van der Waals surface area contributed by atoms with Crippen molar-refractivity contribution >= 4 is 39.6 Å². The molecule has 37 heavy (non-hydrogen) atoms. The molecule has 6 heteroatoms. The van der Waals surface area contributed by atoms with E-state index in [9.17, 15) is 9.59 Å². The Labute approximate surface area is 214 Å². The number of hydrazone groups is 1. The highest BCUT2D eigenvalue weighted by molar-refractivity contribution is 6.04. The third-order valence-corrected chi connectivity index (χ3v) is 5.89. The van der Waals surface area contributed by atoms with Crippen LogP contribution in [0, 0.1) is 6.92 Å². The molecule has 5 aromatic carbocycles. The Morgan fingerprint density at radius 3 is 2.32 bits per heavy atom. The van der Waals surface area contributed by atoms with Crippen molar-refractivity contribution in [3.8, 4) is 11.5 Å². The molecule has 0 unspecified atom stereocenters. The Morgan fingerprint density at radius 2 is 1.51 bits per heavy atom. The highest BCUT2D eigenvalue weighted by Crippen LogP contribution is 2.27. The number of benzene rings is 5. The van der Waals surface area contributed by atoms with E-state index in [-0.39, 0.29) is 6.61 Å². The van der Waals surface area contributed by atoms with Crippen molar-refractivity contribution in [1.82, 2.24) is 5.43 Å². The van der Waals surface area contributed by atoms with Gasteiger partial charge >= 0.3 is 5.97 Å². The molecule has 0 aliphatic heterocycles. The molecule has 0 heterocycles. The number of amides is 1. The maximum absolute atomic E-state index is 12.7. The second-order valence-electron chi connectivity index (χ2n) is 8.54. The summed E-state index contributed by atoms with van der Waals surface area (Å²) in [5.74, 6) is 0.0486. The van der Waals surface area contributed by atoms with Crippen LogP contribution in [0.5, 0.6) is 11.5 Å². The molecule has 0 atom stereocenters. The van der Waals surface area contributed by atoms with E-state index in [1.165, 1.54) is 6.21 Å². The summed E-state index contributed by atoms with van der Waals surface area (Å²) in [6.07, 6.45) is 1.48. The molecule has 1 amide bonds. The lowest BCUT2D eigenvalue weighted by molar-refractivity contribution is -0.123. The van der Waals surface area contributed by atoms with Gasteiger partial charge in [0.25, 0.3) is 5.91 Å². The number of aryl methyl sites for hydroxylation is 1. The molecule has 0 bridgehead atoms. The Morgan fingerprint density at radius 1 is 0.811 bits per heavy atom.